The molecule has 0 aromatic heterocycles. The van der Waals surface area contributed by atoms with Gasteiger partial charge in [0.05, 0.1) is 6.10 Å². The molecule has 0 spiro atoms. The summed E-state index contributed by atoms with van der Waals surface area (Å²) in [5, 5.41) is 0. The number of ether oxygens (including phenoxy) is 3. The highest BCUT2D eigenvalue weighted by Gasteiger charge is 2.29. The normalized spacial score (nSPS) is 24.9. The predicted molar refractivity (Wildman–Crippen MR) is 96.5 cm³/mol. The Hall–Kier alpha value is -0.120. The van der Waals surface area contributed by atoms with E-state index < -0.39 is 0 Å². The molecule has 0 amide bonds. The Morgan fingerprint density at radius 3 is 1.96 bits per heavy atom. The van der Waals surface area contributed by atoms with E-state index in [0.29, 0.717) is 6.10 Å². The minimum Gasteiger partial charge on any atom is -0.353 e. The summed E-state index contributed by atoms with van der Waals surface area (Å²) in [7, 11) is 0. The highest BCUT2D eigenvalue weighted by molar-refractivity contribution is 4.68. The van der Waals surface area contributed by atoms with E-state index in [1.165, 1.54) is 64.2 Å². The maximum absolute atomic E-state index is 6.17. The fourth-order valence-electron chi connectivity index (χ4n) is 3.25. The van der Waals surface area contributed by atoms with Crippen LogP contribution in [0.4, 0.5) is 0 Å². The zero-order valence-corrected chi connectivity index (χ0v) is 15.9. The molecule has 3 atom stereocenters. The fourth-order valence-corrected chi connectivity index (χ4v) is 3.25. The van der Waals surface area contributed by atoms with Crippen LogP contribution in [-0.2, 0) is 14.2 Å². The zero-order chi connectivity index (χ0) is 16.8. The second kappa shape index (κ2) is 14.2. The Balaban J connectivity index is 2.24. The lowest BCUT2D eigenvalue weighted by Gasteiger charge is -2.35. The van der Waals surface area contributed by atoms with Gasteiger partial charge in [-0.25, -0.2) is 0 Å². The molecule has 0 aromatic carbocycles. The van der Waals surface area contributed by atoms with Gasteiger partial charge < -0.3 is 14.2 Å². The van der Waals surface area contributed by atoms with Gasteiger partial charge in [-0.05, 0) is 26.2 Å². The largest absolute Gasteiger partial charge is 0.353 e. The van der Waals surface area contributed by atoms with Crippen molar-refractivity contribution in [2.24, 2.45) is 0 Å². The molecule has 1 heterocycles. The molecular formula is C20H40O3. The number of rotatable bonds is 14. The van der Waals surface area contributed by atoms with Crippen molar-refractivity contribution in [3.63, 3.8) is 0 Å². The Kier molecular flexibility index (Phi) is 13.0. The van der Waals surface area contributed by atoms with Crippen molar-refractivity contribution in [3.05, 3.63) is 0 Å². The van der Waals surface area contributed by atoms with Crippen LogP contribution in [0.2, 0.25) is 0 Å². The molecule has 1 fully saturated rings. The molecule has 0 aromatic rings. The SMILES string of the molecule is CCCCCCC[C@H]1C[C@H](OCC)O[C@H](CCCCCCC)O1. The fraction of sp³-hybridized carbons (Fsp3) is 1.00. The van der Waals surface area contributed by atoms with Gasteiger partial charge in [-0.2, -0.15) is 0 Å². The van der Waals surface area contributed by atoms with Gasteiger partial charge in [-0.3, -0.25) is 0 Å². The third-order valence-corrected chi connectivity index (χ3v) is 4.63. The first-order chi connectivity index (χ1) is 11.3. The molecule has 138 valence electrons. The van der Waals surface area contributed by atoms with Crippen LogP contribution in [0, 0.1) is 0 Å². The van der Waals surface area contributed by atoms with Crippen LogP contribution in [0.3, 0.4) is 0 Å². The minimum absolute atomic E-state index is 0.0532. The van der Waals surface area contributed by atoms with E-state index in [9.17, 15) is 0 Å². The predicted octanol–water partition coefficient (Wildman–Crippen LogP) is 6.20. The average Bonchev–Trinajstić information content (AvgIpc) is 2.55. The molecule has 0 saturated carbocycles. The van der Waals surface area contributed by atoms with Crippen molar-refractivity contribution in [1.29, 1.82) is 0 Å². The van der Waals surface area contributed by atoms with Crippen LogP contribution < -0.4 is 0 Å². The Labute approximate surface area is 144 Å². The molecule has 1 saturated heterocycles. The van der Waals surface area contributed by atoms with Gasteiger partial charge in [0.15, 0.2) is 12.6 Å². The lowest BCUT2D eigenvalue weighted by molar-refractivity contribution is -0.308. The van der Waals surface area contributed by atoms with Crippen molar-refractivity contribution >= 4 is 0 Å². The van der Waals surface area contributed by atoms with Crippen molar-refractivity contribution < 1.29 is 14.2 Å². The lowest BCUT2D eigenvalue weighted by Crippen LogP contribution is -2.39. The molecule has 0 radical (unpaired) electrons. The Morgan fingerprint density at radius 2 is 1.35 bits per heavy atom. The quantitative estimate of drug-likeness (QED) is 0.355. The highest BCUT2D eigenvalue weighted by atomic mass is 16.8. The van der Waals surface area contributed by atoms with Crippen molar-refractivity contribution in [2.75, 3.05) is 6.61 Å². The summed E-state index contributed by atoms with van der Waals surface area (Å²) in [6, 6.07) is 0. The van der Waals surface area contributed by atoms with Crippen LogP contribution in [-0.4, -0.2) is 25.3 Å². The smallest absolute Gasteiger partial charge is 0.163 e. The summed E-state index contributed by atoms with van der Waals surface area (Å²) in [6.07, 6.45) is 16.4. The Bertz CT molecular complexity index is 235. The molecule has 1 aliphatic heterocycles. The highest BCUT2D eigenvalue weighted by Crippen LogP contribution is 2.26. The molecular weight excluding hydrogens is 288 g/mol. The number of hydrogen-bond acceptors (Lipinski definition) is 3. The van der Waals surface area contributed by atoms with Crippen LogP contribution in [0.25, 0.3) is 0 Å². The zero-order valence-electron chi connectivity index (χ0n) is 15.9. The van der Waals surface area contributed by atoms with E-state index in [1.807, 2.05) is 6.92 Å². The molecule has 23 heavy (non-hydrogen) atoms. The molecule has 1 aliphatic rings. The third-order valence-electron chi connectivity index (χ3n) is 4.63. The second-order valence-electron chi connectivity index (χ2n) is 6.85. The first-order valence-corrected chi connectivity index (χ1v) is 10.2. The van der Waals surface area contributed by atoms with Gasteiger partial charge in [-0.15, -0.1) is 0 Å². The van der Waals surface area contributed by atoms with Crippen molar-refractivity contribution in [3.8, 4) is 0 Å². The third kappa shape index (κ3) is 10.4. The maximum Gasteiger partial charge on any atom is 0.163 e. The first kappa shape index (κ1) is 20.9. The van der Waals surface area contributed by atoms with Crippen molar-refractivity contribution in [1.82, 2.24) is 0 Å². The van der Waals surface area contributed by atoms with E-state index in [2.05, 4.69) is 13.8 Å². The van der Waals surface area contributed by atoms with Gasteiger partial charge >= 0.3 is 0 Å². The average molecular weight is 329 g/mol. The molecule has 1 rings (SSSR count). The van der Waals surface area contributed by atoms with Gasteiger partial charge in [0.1, 0.15) is 0 Å². The van der Waals surface area contributed by atoms with Gasteiger partial charge in [0, 0.05) is 13.0 Å². The van der Waals surface area contributed by atoms with Crippen LogP contribution in [0.1, 0.15) is 104 Å². The Morgan fingerprint density at radius 1 is 0.739 bits per heavy atom. The van der Waals surface area contributed by atoms with Gasteiger partial charge in [-0.1, -0.05) is 71.6 Å². The van der Waals surface area contributed by atoms with E-state index >= 15 is 0 Å². The van der Waals surface area contributed by atoms with Crippen LogP contribution >= 0.6 is 0 Å². The molecule has 3 heteroatoms. The number of hydrogen-bond donors (Lipinski definition) is 0. The molecule has 0 aliphatic carbocycles. The lowest BCUT2D eigenvalue weighted by atomic mass is 10.0. The minimum atomic E-state index is -0.0602. The standard InChI is InChI=1S/C20H40O3/c1-4-7-9-11-13-15-18-17-20(21-6-3)23-19(22-18)16-14-12-10-8-5-2/h18-20H,4-17H2,1-3H3/t18-,19+,20+/m0/s1. The van der Waals surface area contributed by atoms with Gasteiger partial charge in [0.2, 0.25) is 0 Å². The summed E-state index contributed by atoms with van der Waals surface area (Å²) in [4.78, 5) is 0. The first-order valence-electron chi connectivity index (χ1n) is 10.2. The van der Waals surface area contributed by atoms with E-state index in [-0.39, 0.29) is 12.6 Å². The molecule has 0 bridgehead atoms. The van der Waals surface area contributed by atoms with Crippen molar-refractivity contribution in [2.45, 2.75) is 123 Å². The summed E-state index contributed by atoms with van der Waals surface area (Å²) >= 11 is 0. The van der Waals surface area contributed by atoms with E-state index in [1.54, 1.807) is 0 Å². The summed E-state index contributed by atoms with van der Waals surface area (Å²) < 4.78 is 17.9. The van der Waals surface area contributed by atoms with Gasteiger partial charge in [0.25, 0.3) is 0 Å². The number of unbranched alkanes of at least 4 members (excludes halogenated alkanes) is 8. The molecule has 0 unspecified atom stereocenters. The summed E-state index contributed by atoms with van der Waals surface area (Å²) in [5.74, 6) is 0. The van der Waals surface area contributed by atoms with Crippen LogP contribution in [0.5, 0.6) is 0 Å². The van der Waals surface area contributed by atoms with E-state index in [0.717, 1.165) is 25.9 Å². The second-order valence-corrected chi connectivity index (χ2v) is 6.85. The molecule has 0 N–H and O–H groups in total. The monoisotopic (exact) mass is 328 g/mol. The summed E-state index contributed by atoms with van der Waals surface area (Å²) in [6.45, 7) is 7.28. The van der Waals surface area contributed by atoms with Crippen LogP contribution in [0.15, 0.2) is 0 Å². The molecule has 3 nitrogen and oxygen atoms in total. The topological polar surface area (TPSA) is 27.7 Å². The van der Waals surface area contributed by atoms with E-state index in [4.69, 9.17) is 14.2 Å². The summed E-state index contributed by atoms with van der Waals surface area (Å²) in [5.41, 5.74) is 0. The maximum atomic E-state index is 6.17.